The van der Waals surface area contributed by atoms with Gasteiger partial charge in [0, 0.05) is 0 Å². The molecule has 0 amide bonds. The Morgan fingerprint density at radius 3 is 2.43 bits per heavy atom. The monoisotopic (exact) mass is 198 g/mol. The molecule has 1 fully saturated rings. The maximum Gasteiger partial charge on any atom is 0.306 e. The summed E-state index contributed by atoms with van der Waals surface area (Å²) in [6.45, 7) is 4.05. The molecule has 14 heavy (non-hydrogen) atoms. The number of hydrogen-bond donors (Lipinski definition) is 1. The van der Waals surface area contributed by atoms with Gasteiger partial charge in [-0.2, -0.15) is 0 Å². The van der Waals surface area contributed by atoms with Crippen molar-refractivity contribution in [1.29, 1.82) is 0 Å². The van der Waals surface area contributed by atoms with Crippen LogP contribution in [-0.2, 0) is 4.79 Å². The molecule has 1 N–H and O–H groups in total. The van der Waals surface area contributed by atoms with Crippen LogP contribution in [0.15, 0.2) is 0 Å². The van der Waals surface area contributed by atoms with E-state index >= 15 is 0 Å². The Kier molecular flexibility index (Phi) is 4.43. The van der Waals surface area contributed by atoms with E-state index in [1.54, 1.807) is 6.92 Å². The molecule has 0 spiro atoms. The van der Waals surface area contributed by atoms with Crippen LogP contribution in [0.1, 0.15) is 52.4 Å². The summed E-state index contributed by atoms with van der Waals surface area (Å²) in [6, 6.07) is 0. The van der Waals surface area contributed by atoms with Crippen molar-refractivity contribution >= 4 is 5.97 Å². The highest BCUT2D eigenvalue weighted by Gasteiger charge is 2.21. The lowest BCUT2D eigenvalue weighted by Gasteiger charge is -2.12. The van der Waals surface area contributed by atoms with Crippen LogP contribution in [0.5, 0.6) is 0 Å². The minimum atomic E-state index is -0.653. The second kappa shape index (κ2) is 5.38. The van der Waals surface area contributed by atoms with Crippen molar-refractivity contribution in [2.24, 2.45) is 17.8 Å². The van der Waals surface area contributed by atoms with Gasteiger partial charge < -0.3 is 5.11 Å². The van der Waals surface area contributed by atoms with Gasteiger partial charge in [-0.1, -0.05) is 39.5 Å². The fraction of sp³-hybridized carbons (Fsp3) is 0.917. The van der Waals surface area contributed by atoms with Crippen molar-refractivity contribution in [2.45, 2.75) is 52.4 Å². The molecular formula is C12H22O2. The van der Waals surface area contributed by atoms with Crippen molar-refractivity contribution in [3.8, 4) is 0 Å². The lowest BCUT2D eigenvalue weighted by molar-refractivity contribution is -0.141. The molecule has 2 unspecified atom stereocenters. The summed E-state index contributed by atoms with van der Waals surface area (Å²) in [6.07, 6.45) is 7.41. The number of carbonyl (C=O) groups is 1. The van der Waals surface area contributed by atoms with Crippen molar-refractivity contribution in [3.63, 3.8) is 0 Å². The molecule has 0 saturated heterocycles. The lowest BCUT2D eigenvalue weighted by Crippen LogP contribution is -2.10. The summed E-state index contributed by atoms with van der Waals surface area (Å²) in [7, 11) is 0. The first kappa shape index (κ1) is 11.5. The fourth-order valence-electron chi connectivity index (χ4n) is 1.73. The zero-order chi connectivity index (χ0) is 10.6. The van der Waals surface area contributed by atoms with Gasteiger partial charge in [-0.3, -0.25) is 4.79 Å². The molecule has 0 aromatic carbocycles. The molecule has 1 saturated carbocycles. The van der Waals surface area contributed by atoms with Crippen LogP contribution in [0, 0.1) is 17.8 Å². The highest BCUT2D eigenvalue weighted by Crippen LogP contribution is 2.35. The summed E-state index contributed by atoms with van der Waals surface area (Å²) in [5.41, 5.74) is 0. The first-order valence-electron chi connectivity index (χ1n) is 5.82. The number of rotatable bonds is 7. The Bertz CT molecular complexity index is 185. The van der Waals surface area contributed by atoms with Crippen LogP contribution < -0.4 is 0 Å². The highest BCUT2D eigenvalue weighted by atomic mass is 16.4. The molecule has 0 bridgehead atoms. The summed E-state index contributed by atoms with van der Waals surface area (Å²) in [5.74, 6) is 0.893. The molecule has 0 aromatic heterocycles. The summed E-state index contributed by atoms with van der Waals surface area (Å²) in [5, 5.41) is 8.72. The number of aliphatic carboxylic acids is 1. The van der Waals surface area contributed by atoms with Gasteiger partial charge in [0.15, 0.2) is 0 Å². The van der Waals surface area contributed by atoms with Gasteiger partial charge in [-0.15, -0.1) is 0 Å². The van der Waals surface area contributed by atoms with Crippen LogP contribution in [0.2, 0.25) is 0 Å². The maximum absolute atomic E-state index is 10.6. The Morgan fingerprint density at radius 1 is 1.29 bits per heavy atom. The van der Waals surface area contributed by atoms with E-state index in [0.717, 1.165) is 18.8 Å². The summed E-state index contributed by atoms with van der Waals surface area (Å²) < 4.78 is 0. The molecule has 2 heteroatoms. The smallest absolute Gasteiger partial charge is 0.306 e. The largest absolute Gasteiger partial charge is 0.481 e. The average Bonchev–Trinajstić information content (AvgIpc) is 2.94. The molecule has 1 aliphatic carbocycles. The van der Waals surface area contributed by atoms with E-state index in [1.165, 1.54) is 25.7 Å². The van der Waals surface area contributed by atoms with E-state index in [2.05, 4.69) is 6.92 Å². The zero-order valence-electron chi connectivity index (χ0n) is 9.33. The van der Waals surface area contributed by atoms with Gasteiger partial charge >= 0.3 is 5.97 Å². The fourth-order valence-corrected chi connectivity index (χ4v) is 1.73. The van der Waals surface area contributed by atoms with Crippen LogP contribution in [0.25, 0.3) is 0 Å². The normalized spacial score (nSPS) is 20.4. The average molecular weight is 198 g/mol. The van der Waals surface area contributed by atoms with E-state index in [1.807, 2.05) is 0 Å². The second-order valence-electron chi connectivity index (χ2n) is 4.94. The van der Waals surface area contributed by atoms with E-state index in [0.29, 0.717) is 5.92 Å². The van der Waals surface area contributed by atoms with E-state index in [-0.39, 0.29) is 5.92 Å². The molecule has 0 aliphatic heterocycles. The minimum absolute atomic E-state index is 0.168. The number of hydrogen-bond acceptors (Lipinski definition) is 1. The molecule has 2 atom stereocenters. The zero-order valence-corrected chi connectivity index (χ0v) is 9.33. The Balaban J connectivity index is 2.01. The summed E-state index contributed by atoms with van der Waals surface area (Å²) in [4.78, 5) is 10.6. The SMILES string of the molecule is CC(CCC1CC1)CCC(C)C(=O)O. The van der Waals surface area contributed by atoms with Gasteiger partial charge in [0.2, 0.25) is 0 Å². The molecule has 2 nitrogen and oxygen atoms in total. The van der Waals surface area contributed by atoms with Gasteiger partial charge in [-0.05, 0) is 24.7 Å². The predicted octanol–water partition coefficient (Wildman–Crippen LogP) is 3.31. The molecule has 1 aliphatic rings. The number of carboxylic acids is 1. The van der Waals surface area contributed by atoms with Crippen molar-refractivity contribution in [3.05, 3.63) is 0 Å². The molecule has 0 heterocycles. The van der Waals surface area contributed by atoms with E-state index < -0.39 is 5.97 Å². The third-order valence-electron chi connectivity index (χ3n) is 3.28. The Hall–Kier alpha value is -0.530. The Morgan fingerprint density at radius 2 is 1.93 bits per heavy atom. The van der Waals surface area contributed by atoms with Gasteiger partial charge in [0.05, 0.1) is 5.92 Å². The quantitative estimate of drug-likeness (QED) is 0.681. The standard InChI is InChI=1S/C12H22O2/c1-9(4-6-11-7-8-11)3-5-10(2)12(13)14/h9-11H,3-8H2,1-2H3,(H,13,14). The topological polar surface area (TPSA) is 37.3 Å². The van der Waals surface area contributed by atoms with Gasteiger partial charge in [-0.25, -0.2) is 0 Å². The molecule has 1 rings (SSSR count). The van der Waals surface area contributed by atoms with Crippen LogP contribution in [0.4, 0.5) is 0 Å². The summed E-state index contributed by atoms with van der Waals surface area (Å²) >= 11 is 0. The third kappa shape index (κ3) is 4.64. The molecule has 82 valence electrons. The first-order valence-corrected chi connectivity index (χ1v) is 5.82. The van der Waals surface area contributed by atoms with Crippen molar-refractivity contribution in [1.82, 2.24) is 0 Å². The van der Waals surface area contributed by atoms with Gasteiger partial charge in [0.25, 0.3) is 0 Å². The Labute approximate surface area is 86.7 Å². The predicted molar refractivity (Wildman–Crippen MR) is 57.2 cm³/mol. The van der Waals surface area contributed by atoms with Crippen LogP contribution >= 0.6 is 0 Å². The van der Waals surface area contributed by atoms with Crippen LogP contribution in [-0.4, -0.2) is 11.1 Å². The third-order valence-corrected chi connectivity index (χ3v) is 3.28. The van der Waals surface area contributed by atoms with Crippen molar-refractivity contribution in [2.75, 3.05) is 0 Å². The van der Waals surface area contributed by atoms with Gasteiger partial charge in [0.1, 0.15) is 0 Å². The van der Waals surface area contributed by atoms with E-state index in [4.69, 9.17) is 5.11 Å². The molecule has 0 aromatic rings. The van der Waals surface area contributed by atoms with E-state index in [9.17, 15) is 4.79 Å². The second-order valence-corrected chi connectivity index (χ2v) is 4.94. The molecule has 0 radical (unpaired) electrons. The number of carboxylic acid groups (broad SMARTS) is 1. The van der Waals surface area contributed by atoms with Crippen LogP contribution in [0.3, 0.4) is 0 Å². The highest BCUT2D eigenvalue weighted by molar-refractivity contribution is 5.69. The molecular weight excluding hydrogens is 176 g/mol. The maximum atomic E-state index is 10.6. The lowest BCUT2D eigenvalue weighted by atomic mass is 9.94. The minimum Gasteiger partial charge on any atom is -0.481 e. The first-order chi connectivity index (χ1) is 6.59. The van der Waals surface area contributed by atoms with Crippen molar-refractivity contribution < 1.29 is 9.90 Å².